The first kappa shape index (κ1) is 24.9. The fourth-order valence-electron chi connectivity index (χ4n) is 4.83. The SMILES string of the molecule is Cc1ccc(S(=O)(=O)N2c3ccccc3[C@@H](CC(=O)c3ccc(Cl)cc3)[C@H]2C(=O)c2ccccc2)cc1. The van der Waals surface area contributed by atoms with Crippen LogP contribution in [0.4, 0.5) is 5.69 Å². The Morgan fingerprint density at radius 2 is 1.41 bits per heavy atom. The summed E-state index contributed by atoms with van der Waals surface area (Å²) in [6, 6.07) is 27.6. The number of nitrogens with zero attached hydrogens (tertiary/aromatic N) is 1. The van der Waals surface area contributed by atoms with Crippen LogP contribution in [0.2, 0.25) is 5.02 Å². The number of sulfonamides is 1. The number of anilines is 1. The van der Waals surface area contributed by atoms with Crippen LogP contribution in [0.25, 0.3) is 0 Å². The molecule has 4 aromatic carbocycles. The molecule has 5 nitrogen and oxygen atoms in total. The Labute approximate surface area is 221 Å². The molecule has 2 atom stereocenters. The van der Waals surface area contributed by atoms with Gasteiger partial charge in [-0.15, -0.1) is 0 Å². The molecule has 1 aliphatic heterocycles. The van der Waals surface area contributed by atoms with Crippen molar-refractivity contribution >= 4 is 38.9 Å². The van der Waals surface area contributed by atoms with Gasteiger partial charge in [0.05, 0.1) is 10.6 Å². The molecule has 186 valence electrons. The topological polar surface area (TPSA) is 71.5 Å². The molecular formula is C30H24ClNO4S. The second-order valence-electron chi connectivity index (χ2n) is 9.09. The lowest BCUT2D eigenvalue weighted by Crippen LogP contribution is -2.45. The summed E-state index contributed by atoms with van der Waals surface area (Å²) in [6.45, 7) is 1.88. The van der Waals surface area contributed by atoms with E-state index in [1.54, 1.807) is 103 Å². The highest BCUT2D eigenvalue weighted by Crippen LogP contribution is 2.47. The fraction of sp³-hybridized carbons (Fsp3) is 0.133. The molecule has 0 aliphatic carbocycles. The number of ketones is 2. The number of aryl methyl sites for hydroxylation is 1. The van der Waals surface area contributed by atoms with E-state index in [4.69, 9.17) is 11.6 Å². The average molecular weight is 530 g/mol. The van der Waals surface area contributed by atoms with Gasteiger partial charge in [-0.2, -0.15) is 0 Å². The van der Waals surface area contributed by atoms with Gasteiger partial charge in [0.2, 0.25) is 0 Å². The second kappa shape index (κ2) is 9.96. The van der Waals surface area contributed by atoms with Crippen LogP contribution in [-0.2, 0) is 10.0 Å². The van der Waals surface area contributed by atoms with Crippen molar-refractivity contribution in [3.63, 3.8) is 0 Å². The van der Waals surface area contributed by atoms with Crippen molar-refractivity contribution in [2.75, 3.05) is 4.31 Å². The Morgan fingerprint density at radius 3 is 2.08 bits per heavy atom. The van der Waals surface area contributed by atoms with Gasteiger partial charge in [0.15, 0.2) is 11.6 Å². The predicted molar refractivity (Wildman–Crippen MR) is 145 cm³/mol. The van der Waals surface area contributed by atoms with Crippen molar-refractivity contribution < 1.29 is 18.0 Å². The van der Waals surface area contributed by atoms with Crippen molar-refractivity contribution in [1.29, 1.82) is 0 Å². The molecule has 0 N–H and O–H groups in total. The highest BCUT2D eigenvalue weighted by atomic mass is 35.5. The maximum absolute atomic E-state index is 14.1. The van der Waals surface area contributed by atoms with Gasteiger partial charge in [0.25, 0.3) is 10.0 Å². The van der Waals surface area contributed by atoms with Crippen LogP contribution < -0.4 is 4.31 Å². The van der Waals surface area contributed by atoms with E-state index in [0.29, 0.717) is 27.4 Å². The van der Waals surface area contributed by atoms with Crippen LogP contribution in [0.5, 0.6) is 0 Å². The molecule has 0 amide bonds. The third kappa shape index (κ3) is 4.70. The van der Waals surface area contributed by atoms with E-state index in [0.717, 1.165) is 5.56 Å². The summed E-state index contributed by atoms with van der Waals surface area (Å²) in [7, 11) is -4.13. The molecular weight excluding hydrogens is 506 g/mol. The van der Waals surface area contributed by atoms with Gasteiger partial charge in [-0.05, 0) is 55.0 Å². The first-order valence-corrected chi connectivity index (χ1v) is 13.7. The van der Waals surface area contributed by atoms with Gasteiger partial charge >= 0.3 is 0 Å². The second-order valence-corrected chi connectivity index (χ2v) is 11.3. The molecule has 7 heteroatoms. The van der Waals surface area contributed by atoms with Gasteiger partial charge in [-0.25, -0.2) is 8.42 Å². The van der Waals surface area contributed by atoms with E-state index in [1.807, 2.05) is 6.92 Å². The third-order valence-corrected chi connectivity index (χ3v) is 8.75. The summed E-state index contributed by atoms with van der Waals surface area (Å²) >= 11 is 5.99. The quantitative estimate of drug-likeness (QED) is 0.257. The Kier molecular flexibility index (Phi) is 6.71. The number of benzene rings is 4. The standard InChI is InChI=1S/C30H24ClNO4S/c1-20-11-17-24(18-12-20)37(35,36)32-27-10-6-5-9-25(27)26(19-28(33)21-13-15-23(31)16-14-21)29(32)30(34)22-7-3-2-4-8-22/h2-18,26,29H,19H2,1H3/t26-,29+/m1/s1. The minimum Gasteiger partial charge on any atom is -0.294 e. The van der Waals surface area contributed by atoms with E-state index in [2.05, 4.69) is 0 Å². The van der Waals surface area contributed by atoms with Crippen LogP contribution in [0.3, 0.4) is 0 Å². The number of rotatable bonds is 7. The highest BCUT2D eigenvalue weighted by Gasteiger charge is 2.49. The molecule has 4 aromatic rings. The van der Waals surface area contributed by atoms with Gasteiger partial charge in [-0.3, -0.25) is 13.9 Å². The van der Waals surface area contributed by atoms with E-state index < -0.39 is 22.0 Å². The van der Waals surface area contributed by atoms with Crippen LogP contribution in [0, 0.1) is 6.92 Å². The van der Waals surface area contributed by atoms with Gasteiger partial charge in [0.1, 0.15) is 6.04 Å². The minimum absolute atomic E-state index is 0.0399. The Bertz CT molecular complexity index is 1570. The number of hydrogen-bond donors (Lipinski definition) is 0. The lowest BCUT2D eigenvalue weighted by Gasteiger charge is -2.29. The number of carbonyl (C=O) groups excluding carboxylic acids is 2. The maximum atomic E-state index is 14.1. The molecule has 5 rings (SSSR count). The van der Waals surface area contributed by atoms with Crippen molar-refractivity contribution in [3.8, 4) is 0 Å². The van der Waals surface area contributed by atoms with Gasteiger partial charge in [-0.1, -0.05) is 77.8 Å². The zero-order chi connectivity index (χ0) is 26.2. The van der Waals surface area contributed by atoms with Crippen molar-refractivity contribution in [2.24, 2.45) is 0 Å². The average Bonchev–Trinajstić information content (AvgIpc) is 3.24. The summed E-state index contributed by atoms with van der Waals surface area (Å²) in [5, 5.41) is 0.510. The largest absolute Gasteiger partial charge is 0.294 e. The molecule has 0 unspecified atom stereocenters. The monoisotopic (exact) mass is 529 g/mol. The first-order valence-electron chi connectivity index (χ1n) is 11.9. The van der Waals surface area contributed by atoms with Crippen LogP contribution >= 0.6 is 11.6 Å². The predicted octanol–water partition coefficient (Wildman–Crippen LogP) is 6.47. The number of Topliss-reactive ketones (excluding diaryl/α,β-unsaturated/α-hetero) is 2. The smallest absolute Gasteiger partial charge is 0.265 e. The zero-order valence-electron chi connectivity index (χ0n) is 20.0. The summed E-state index contributed by atoms with van der Waals surface area (Å²) in [5.74, 6) is -1.23. The molecule has 0 bridgehead atoms. The van der Waals surface area contributed by atoms with Crippen molar-refractivity contribution in [3.05, 3.63) is 130 Å². The molecule has 1 aliphatic rings. The summed E-state index contributed by atoms with van der Waals surface area (Å²) in [4.78, 5) is 27.5. The molecule has 1 heterocycles. The van der Waals surface area contributed by atoms with Crippen molar-refractivity contribution in [1.82, 2.24) is 0 Å². The molecule has 0 fully saturated rings. The van der Waals surface area contributed by atoms with Crippen molar-refractivity contribution in [2.45, 2.75) is 30.2 Å². The molecule has 0 aromatic heterocycles. The molecule has 0 radical (unpaired) electrons. The van der Waals surface area contributed by atoms with E-state index in [1.165, 1.54) is 4.31 Å². The van der Waals surface area contributed by atoms with E-state index in [9.17, 15) is 18.0 Å². The Morgan fingerprint density at radius 1 is 0.784 bits per heavy atom. The fourth-order valence-corrected chi connectivity index (χ4v) is 6.63. The molecule has 37 heavy (non-hydrogen) atoms. The van der Waals surface area contributed by atoms with E-state index in [-0.39, 0.29) is 22.9 Å². The normalized spacial score (nSPS) is 16.9. The number of para-hydroxylation sites is 1. The van der Waals surface area contributed by atoms with Crippen LogP contribution in [0.15, 0.2) is 108 Å². The van der Waals surface area contributed by atoms with Crippen LogP contribution in [0.1, 0.15) is 44.2 Å². The van der Waals surface area contributed by atoms with Gasteiger partial charge in [0, 0.05) is 28.5 Å². The maximum Gasteiger partial charge on any atom is 0.265 e. The number of hydrogen-bond acceptors (Lipinski definition) is 4. The number of carbonyl (C=O) groups is 2. The molecule has 0 spiro atoms. The number of halogens is 1. The summed E-state index contributed by atoms with van der Waals surface area (Å²) in [6.07, 6.45) is -0.0399. The van der Waals surface area contributed by atoms with E-state index >= 15 is 0 Å². The summed E-state index contributed by atoms with van der Waals surface area (Å²) < 4.78 is 29.3. The highest BCUT2D eigenvalue weighted by molar-refractivity contribution is 7.93. The minimum atomic E-state index is -4.13. The Balaban J connectivity index is 1.65. The van der Waals surface area contributed by atoms with Crippen LogP contribution in [-0.4, -0.2) is 26.0 Å². The number of fused-ring (bicyclic) bond motifs is 1. The first-order chi connectivity index (χ1) is 17.8. The molecule has 0 saturated carbocycles. The van der Waals surface area contributed by atoms with Gasteiger partial charge < -0.3 is 0 Å². The lowest BCUT2D eigenvalue weighted by molar-refractivity contribution is 0.0930. The Hall–Kier alpha value is -3.74. The molecule has 0 saturated heterocycles. The third-order valence-electron chi connectivity index (χ3n) is 6.68. The summed E-state index contributed by atoms with van der Waals surface area (Å²) in [5.41, 5.74) is 2.81. The lowest BCUT2D eigenvalue weighted by atomic mass is 9.85. The zero-order valence-corrected chi connectivity index (χ0v) is 21.6.